The van der Waals surface area contributed by atoms with Crippen LogP contribution in [0, 0.1) is 0 Å². The van der Waals surface area contributed by atoms with E-state index in [0.717, 1.165) is 24.1 Å². The quantitative estimate of drug-likeness (QED) is 0.810. The van der Waals surface area contributed by atoms with E-state index in [9.17, 15) is 18.0 Å². The zero-order chi connectivity index (χ0) is 17.7. The maximum absolute atomic E-state index is 12.6. The number of carboxylic acids is 1. The van der Waals surface area contributed by atoms with Gasteiger partial charge in [0.05, 0.1) is 24.0 Å². The number of aromatic amines is 1. The smallest absolute Gasteiger partial charge is 0.416 e. The summed E-state index contributed by atoms with van der Waals surface area (Å²) in [4.78, 5) is 12.7. The van der Waals surface area contributed by atoms with Gasteiger partial charge in [-0.2, -0.15) is 18.3 Å². The number of hydrogen-bond donors (Lipinski definition) is 2. The first-order valence-corrected chi connectivity index (χ1v) is 7.45. The predicted octanol–water partition coefficient (Wildman–Crippen LogP) is 3.39. The van der Waals surface area contributed by atoms with Gasteiger partial charge in [0.25, 0.3) is 0 Å². The maximum Gasteiger partial charge on any atom is 0.416 e. The van der Waals surface area contributed by atoms with E-state index in [0.29, 0.717) is 24.3 Å². The summed E-state index contributed by atoms with van der Waals surface area (Å²) in [6.45, 7) is 2.80. The van der Waals surface area contributed by atoms with Crippen molar-refractivity contribution in [3.63, 3.8) is 0 Å². The molecule has 0 aliphatic carbocycles. The minimum atomic E-state index is -4.38. The highest BCUT2D eigenvalue weighted by Gasteiger charge is 2.30. The second-order valence-corrected chi connectivity index (χ2v) is 5.45. The highest BCUT2D eigenvalue weighted by molar-refractivity contribution is 5.69. The Morgan fingerprint density at radius 2 is 1.96 bits per heavy atom. The van der Waals surface area contributed by atoms with Gasteiger partial charge in [0.15, 0.2) is 0 Å². The molecule has 2 aromatic rings. The van der Waals surface area contributed by atoms with E-state index in [4.69, 9.17) is 5.11 Å². The summed E-state index contributed by atoms with van der Waals surface area (Å²) >= 11 is 0. The zero-order valence-corrected chi connectivity index (χ0v) is 13.1. The normalized spacial score (nSPS) is 11.9. The number of halogens is 3. The molecule has 0 amide bonds. The molecule has 0 fully saturated rings. The van der Waals surface area contributed by atoms with Gasteiger partial charge in [0.1, 0.15) is 0 Å². The van der Waals surface area contributed by atoms with E-state index in [1.165, 1.54) is 12.1 Å². The number of hydrogen-bond acceptors (Lipinski definition) is 3. The van der Waals surface area contributed by atoms with Crippen LogP contribution in [0.4, 0.5) is 13.2 Å². The van der Waals surface area contributed by atoms with E-state index in [2.05, 4.69) is 10.2 Å². The number of nitrogens with zero attached hydrogens (tertiary/aromatic N) is 2. The third-order valence-corrected chi connectivity index (χ3v) is 3.51. The number of carbonyl (C=O) groups is 1. The van der Waals surface area contributed by atoms with E-state index in [1.54, 1.807) is 11.1 Å². The summed E-state index contributed by atoms with van der Waals surface area (Å²) in [5.41, 5.74) is 1.19. The van der Waals surface area contributed by atoms with Crippen LogP contribution in [-0.2, 0) is 17.5 Å². The Morgan fingerprint density at radius 1 is 1.29 bits per heavy atom. The van der Waals surface area contributed by atoms with Crippen LogP contribution in [0.1, 0.15) is 24.5 Å². The fourth-order valence-corrected chi connectivity index (χ4v) is 2.47. The number of benzene rings is 1. The third kappa shape index (κ3) is 4.58. The minimum absolute atomic E-state index is 0.106. The van der Waals surface area contributed by atoms with Gasteiger partial charge in [-0.25, -0.2) is 0 Å². The summed E-state index contributed by atoms with van der Waals surface area (Å²) in [6.07, 6.45) is -2.02. The summed E-state index contributed by atoms with van der Waals surface area (Å²) in [5, 5.41) is 15.7. The van der Waals surface area contributed by atoms with Gasteiger partial charge in [-0.1, -0.05) is 19.1 Å². The molecule has 1 aromatic carbocycles. The van der Waals surface area contributed by atoms with Crippen LogP contribution in [-0.4, -0.2) is 39.3 Å². The monoisotopic (exact) mass is 341 g/mol. The van der Waals surface area contributed by atoms with E-state index >= 15 is 0 Å². The fourth-order valence-electron chi connectivity index (χ4n) is 2.47. The average molecular weight is 341 g/mol. The van der Waals surface area contributed by atoms with Crippen LogP contribution in [0.25, 0.3) is 11.3 Å². The first-order valence-electron chi connectivity index (χ1n) is 7.45. The van der Waals surface area contributed by atoms with Crippen molar-refractivity contribution in [3.8, 4) is 11.3 Å². The molecule has 0 spiro atoms. The standard InChI is InChI=1S/C16H18F3N3O2/c1-2-7-22(10-14(23)24)9-12-8-20-21-15(12)11-3-5-13(6-4-11)16(17,18)19/h3-6,8H,2,7,9-10H2,1H3,(H,20,21)(H,23,24). The van der Waals surface area contributed by atoms with Crippen molar-refractivity contribution in [1.82, 2.24) is 15.1 Å². The molecular weight excluding hydrogens is 323 g/mol. The van der Waals surface area contributed by atoms with E-state index < -0.39 is 17.7 Å². The number of H-pyrrole nitrogens is 1. The molecule has 2 N–H and O–H groups in total. The van der Waals surface area contributed by atoms with Crippen molar-refractivity contribution in [3.05, 3.63) is 41.6 Å². The Kier molecular flexibility index (Phi) is 5.61. The number of aliphatic carboxylic acids is 1. The molecule has 0 saturated heterocycles. The Bertz CT molecular complexity index is 681. The molecule has 0 aliphatic heterocycles. The van der Waals surface area contributed by atoms with Crippen molar-refractivity contribution in [2.24, 2.45) is 0 Å². The number of carboxylic acid groups (broad SMARTS) is 1. The highest BCUT2D eigenvalue weighted by atomic mass is 19.4. The zero-order valence-electron chi connectivity index (χ0n) is 13.1. The number of aromatic nitrogens is 2. The van der Waals surface area contributed by atoms with Gasteiger partial charge in [0.2, 0.25) is 0 Å². The lowest BCUT2D eigenvalue weighted by atomic mass is 10.1. The van der Waals surface area contributed by atoms with Crippen LogP contribution in [0.2, 0.25) is 0 Å². The van der Waals surface area contributed by atoms with Crippen LogP contribution < -0.4 is 0 Å². The maximum atomic E-state index is 12.6. The van der Waals surface area contributed by atoms with Crippen LogP contribution in [0.15, 0.2) is 30.5 Å². The predicted molar refractivity (Wildman–Crippen MR) is 82.2 cm³/mol. The van der Waals surface area contributed by atoms with Gasteiger partial charge in [-0.3, -0.25) is 14.8 Å². The molecule has 0 unspecified atom stereocenters. The average Bonchev–Trinajstić information content (AvgIpc) is 2.94. The second kappa shape index (κ2) is 7.48. The van der Waals surface area contributed by atoms with E-state index in [-0.39, 0.29) is 6.54 Å². The first-order chi connectivity index (χ1) is 11.3. The molecule has 2 rings (SSSR count). The number of rotatable bonds is 7. The lowest BCUT2D eigenvalue weighted by Gasteiger charge is -2.19. The van der Waals surface area contributed by atoms with Crippen LogP contribution >= 0.6 is 0 Å². The molecule has 130 valence electrons. The second-order valence-electron chi connectivity index (χ2n) is 5.45. The Hall–Kier alpha value is -2.35. The molecule has 0 aliphatic rings. The summed E-state index contributed by atoms with van der Waals surface area (Å²) in [6, 6.07) is 4.78. The Labute approximate surface area is 137 Å². The topological polar surface area (TPSA) is 69.2 Å². The van der Waals surface area contributed by atoms with Gasteiger partial charge in [0, 0.05) is 12.1 Å². The summed E-state index contributed by atoms with van der Waals surface area (Å²) in [5.74, 6) is -0.928. The Morgan fingerprint density at radius 3 is 2.50 bits per heavy atom. The molecule has 0 bridgehead atoms. The lowest BCUT2D eigenvalue weighted by Crippen LogP contribution is -2.30. The molecular formula is C16H18F3N3O2. The highest BCUT2D eigenvalue weighted by Crippen LogP contribution is 2.31. The van der Waals surface area contributed by atoms with Gasteiger partial charge >= 0.3 is 12.1 Å². The van der Waals surface area contributed by atoms with Crippen molar-refractivity contribution in [2.45, 2.75) is 26.1 Å². The Balaban J connectivity index is 2.21. The van der Waals surface area contributed by atoms with Crippen LogP contribution in [0.3, 0.4) is 0 Å². The molecule has 5 nitrogen and oxygen atoms in total. The fraction of sp³-hybridized carbons (Fsp3) is 0.375. The third-order valence-electron chi connectivity index (χ3n) is 3.51. The molecule has 0 radical (unpaired) electrons. The number of nitrogens with one attached hydrogen (secondary N) is 1. The lowest BCUT2D eigenvalue weighted by molar-refractivity contribution is -0.139. The number of alkyl halides is 3. The molecule has 1 aromatic heterocycles. The summed E-state index contributed by atoms with van der Waals surface area (Å²) in [7, 11) is 0. The van der Waals surface area contributed by atoms with Gasteiger partial charge < -0.3 is 5.11 Å². The first kappa shape index (κ1) is 18.0. The van der Waals surface area contributed by atoms with Crippen molar-refractivity contribution < 1.29 is 23.1 Å². The van der Waals surface area contributed by atoms with E-state index in [1.807, 2.05) is 6.92 Å². The molecule has 8 heteroatoms. The van der Waals surface area contributed by atoms with Crippen molar-refractivity contribution in [1.29, 1.82) is 0 Å². The SMILES string of the molecule is CCCN(CC(=O)O)Cc1cn[nH]c1-c1ccc(C(F)(F)F)cc1. The summed E-state index contributed by atoms with van der Waals surface area (Å²) < 4.78 is 37.9. The minimum Gasteiger partial charge on any atom is -0.480 e. The molecule has 0 atom stereocenters. The largest absolute Gasteiger partial charge is 0.480 e. The van der Waals surface area contributed by atoms with Gasteiger partial charge in [-0.05, 0) is 30.7 Å². The van der Waals surface area contributed by atoms with Crippen molar-refractivity contribution >= 4 is 5.97 Å². The van der Waals surface area contributed by atoms with Gasteiger partial charge in [-0.15, -0.1) is 0 Å². The molecule has 1 heterocycles. The van der Waals surface area contributed by atoms with Crippen LogP contribution in [0.5, 0.6) is 0 Å². The molecule has 0 saturated carbocycles. The van der Waals surface area contributed by atoms with Crippen molar-refractivity contribution in [2.75, 3.05) is 13.1 Å². The molecule has 24 heavy (non-hydrogen) atoms.